The maximum absolute atomic E-state index is 11.4. The van der Waals surface area contributed by atoms with Gasteiger partial charge in [0.2, 0.25) is 5.91 Å². The Labute approximate surface area is 145 Å². The number of carboxylic acid groups (broad SMARTS) is 1. The van der Waals surface area contributed by atoms with Crippen LogP contribution in [-0.2, 0) is 4.74 Å². The molecule has 1 aromatic carbocycles. The van der Waals surface area contributed by atoms with Gasteiger partial charge >= 0.3 is 6.09 Å². The Balaban J connectivity index is 2.08. The van der Waals surface area contributed by atoms with Gasteiger partial charge in [-0.3, -0.25) is 4.79 Å². The van der Waals surface area contributed by atoms with Crippen LogP contribution in [0.1, 0.15) is 16.8 Å². The average Bonchev–Trinajstić information content (AvgIpc) is 3.05. The Kier molecular flexibility index (Phi) is 6.47. The molecule has 25 heavy (non-hydrogen) atoms. The first-order valence-electron chi connectivity index (χ1n) is 7.80. The Bertz CT molecular complexity index is 656. The van der Waals surface area contributed by atoms with E-state index in [0.717, 1.165) is 6.42 Å². The third-order valence-electron chi connectivity index (χ3n) is 3.53. The zero-order chi connectivity index (χ0) is 18.2. The highest BCUT2D eigenvalue weighted by Crippen LogP contribution is 2.34. The van der Waals surface area contributed by atoms with Gasteiger partial charge in [-0.2, -0.15) is 0 Å². The molecule has 9 heteroatoms. The number of carbonyl (C=O) groups excluding carboxylic acids is 1. The highest BCUT2D eigenvalue weighted by atomic mass is 16.5. The van der Waals surface area contributed by atoms with E-state index in [4.69, 9.17) is 26.0 Å². The fourth-order valence-electron chi connectivity index (χ4n) is 2.32. The van der Waals surface area contributed by atoms with E-state index in [1.165, 1.54) is 6.07 Å². The fourth-order valence-corrected chi connectivity index (χ4v) is 2.32. The molecule has 1 atom stereocenters. The summed E-state index contributed by atoms with van der Waals surface area (Å²) in [5.74, 6) is -0.160. The normalized spacial score (nSPS) is 16.7. The molecule has 0 radical (unpaired) electrons. The van der Waals surface area contributed by atoms with Crippen molar-refractivity contribution in [1.82, 2.24) is 5.32 Å². The van der Waals surface area contributed by atoms with Crippen LogP contribution in [0.15, 0.2) is 24.3 Å². The van der Waals surface area contributed by atoms with E-state index in [2.05, 4.69) is 10.6 Å². The summed E-state index contributed by atoms with van der Waals surface area (Å²) in [4.78, 5) is 21.8. The molecule has 0 aliphatic carbocycles. The number of anilines is 2. The van der Waals surface area contributed by atoms with Gasteiger partial charge < -0.3 is 36.7 Å². The van der Waals surface area contributed by atoms with Crippen LogP contribution >= 0.6 is 0 Å². The van der Waals surface area contributed by atoms with Crippen molar-refractivity contribution in [1.29, 1.82) is 0 Å². The number of benzene rings is 1. The third kappa shape index (κ3) is 5.57. The van der Waals surface area contributed by atoms with Crippen LogP contribution in [0.5, 0.6) is 5.75 Å². The first-order valence-corrected chi connectivity index (χ1v) is 7.80. The van der Waals surface area contributed by atoms with E-state index < -0.39 is 12.0 Å². The standard InChI is InChI=1S/C16H22N4O5/c17-12-7-10(15(18)21)8-13(25-11-3-6-24-9-11)14(12)19-4-1-2-5-20-16(22)23/h1-2,7-8,11,19-20H,3-6,9,17H2,(H2,18,21)(H,22,23). The molecular formula is C16H22N4O5. The van der Waals surface area contributed by atoms with E-state index in [9.17, 15) is 9.59 Å². The number of hydrogen-bond acceptors (Lipinski definition) is 6. The lowest BCUT2D eigenvalue weighted by Gasteiger charge is -2.18. The molecule has 2 amide bonds. The zero-order valence-corrected chi connectivity index (χ0v) is 13.7. The van der Waals surface area contributed by atoms with E-state index in [0.29, 0.717) is 36.9 Å². The molecule has 136 valence electrons. The van der Waals surface area contributed by atoms with Crippen LogP contribution in [0.4, 0.5) is 16.2 Å². The maximum Gasteiger partial charge on any atom is 0.404 e. The highest BCUT2D eigenvalue weighted by molar-refractivity contribution is 5.96. The van der Waals surface area contributed by atoms with Crippen molar-refractivity contribution >= 4 is 23.4 Å². The lowest BCUT2D eigenvalue weighted by molar-refractivity contribution is 0.0999. The summed E-state index contributed by atoms with van der Waals surface area (Å²) in [6.45, 7) is 1.70. The molecule has 0 bridgehead atoms. The lowest BCUT2D eigenvalue weighted by Crippen LogP contribution is -2.20. The van der Waals surface area contributed by atoms with Crippen molar-refractivity contribution < 1.29 is 24.2 Å². The SMILES string of the molecule is NC(=O)c1cc(N)c(NCC=CCNC(=O)O)c(OC2CCOC2)c1. The Morgan fingerprint density at radius 1 is 1.36 bits per heavy atom. The van der Waals surface area contributed by atoms with Crippen molar-refractivity contribution in [3.63, 3.8) is 0 Å². The summed E-state index contributed by atoms with van der Waals surface area (Å²) in [6, 6.07) is 3.04. The van der Waals surface area contributed by atoms with Gasteiger partial charge in [-0.25, -0.2) is 4.79 Å². The quantitative estimate of drug-likeness (QED) is 0.343. The molecule has 9 nitrogen and oxygen atoms in total. The van der Waals surface area contributed by atoms with Gasteiger partial charge in [0.15, 0.2) is 0 Å². The summed E-state index contributed by atoms with van der Waals surface area (Å²) in [7, 11) is 0. The average molecular weight is 350 g/mol. The number of carbonyl (C=O) groups is 2. The summed E-state index contributed by atoms with van der Waals surface area (Å²) in [5, 5.41) is 13.8. The molecule has 1 aromatic rings. The van der Waals surface area contributed by atoms with Crippen molar-refractivity contribution in [2.24, 2.45) is 5.73 Å². The van der Waals surface area contributed by atoms with E-state index in [-0.39, 0.29) is 18.2 Å². The fraction of sp³-hybridized carbons (Fsp3) is 0.375. The number of nitrogens with two attached hydrogens (primary N) is 2. The molecule has 1 unspecified atom stereocenters. The number of nitrogen functional groups attached to an aromatic ring is 1. The second-order valence-corrected chi connectivity index (χ2v) is 5.44. The van der Waals surface area contributed by atoms with Gasteiger partial charge in [0.05, 0.1) is 18.9 Å². The maximum atomic E-state index is 11.4. The van der Waals surface area contributed by atoms with Crippen LogP contribution in [0.3, 0.4) is 0 Å². The van der Waals surface area contributed by atoms with Gasteiger partial charge in [0.25, 0.3) is 0 Å². The van der Waals surface area contributed by atoms with Gasteiger partial charge in [0.1, 0.15) is 17.5 Å². The molecule has 2 rings (SSSR count). The van der Waals surface area contributed by atoms with Crippen molar-refractivity contribution in [3.8, 4) is 5.75 Å². The number of hydrogen-bond donors (Lipinski definition) is 5. The van der Waals surface area contributed by atoms with Crippen LogP contribution in [-0.4, -0.2) is 49.5 Å². The Morgan fingerprint density at radius 2 is 2.12 bits per heavy atom. The molecule has 1 aliphatic heterocycles. The molecule has 0 aromatic heterocycles. The van der Waals surface area contributed by atoms with Gasteiger partial charge in [-0.15, -0.1) is 0 Å². The molecule has 1 aliphatic rings. The summed E-state index contributed by atoms with van der Waals surface area (Å²) in [5.41, 5.74) is 12.5. The highest BCUT2D eigenvalue weighted by Gasteiger charge is 2.20. The van der Waals surface area contributed by atoms with Crippen LogP contribution in [0.25, 0.3) is 0 Å². The molecule has 1 heterocycles. The Morgan fingerprint density at radius 3 is 2.76 bits per heavy atom. The monoisotopic (exact) mass is 350 g/mol. The zero-order valence-electron chi connectivity index (χ0n) is 13.7. The van der Waals surface area contributed by atoms with Crippen LogP contribution < -0.4 is 26.8 Å². The van der Waals surface area contributed by atoms with Crippen molar-refractivity contribution in [3.05, 3.63) is 29.8 Å². The minimum Gasteiger partial charge on any atom is -0.486 e. The smallest absolute Gasteiger partial charge is 0.404 e. The molecule has 0 spiro atoms. The second kappa shape index (κ2) is 8.78. The number of nitrogens with one attached hydrogen (secondary N) is 2. The first kappa shape index (κ1) is 18.4. The summed E-state index contributed by atoms with van der Waals surface area (Å²) < 4.78 is 11.2. The minimum absolute atomic E-state index is 0.113. The third-order valence-corrected chi connectivity index (χ3v) is 3.53. The summed E-state index contributed by atoms with van der Waals surface area (Å²) in [6.07, 6.45) is 2.97. The number of ether oxygens (including phenoxy) is 2. The summed E-state index contributed by atoms with van der Waals surface area (Å²) >= 11 is 0. The van der Waals surface area contributed by atoms with Gasteiger partial charge in [0, 0.05) is 25.1 Å². The molecular weight excluding hydrogens is 328 g/mol. The second-order valence-electron chi connectivity index (χ2n) is 5.44. The minimum atomic E-state index is -1.08. The van der Waals surface area contributed by atoms with Crippen molar-refractivity contribution in [2.45, 2.75) is 12.5 Å². The molecule has 0 saturated carbocycles. The predicted octanol–water partition coefficient (Wildman–Crippen LogP) is 0.771. The largest absolute Gasteiger partial charge is 0.486 e. The predicted molar refractivity (Wildman–Crippen MR) is 92.9 cm³/mol. The molecule has 1 saturated heterocycles. The topological polar surface area (TPSA) is 149 Å². The van der Waals surface area contributed by atoms with E-state index >= 15 is 0 Å². The van der Waals surface area contributed by atoms with E-state index in [1.807, 2.05) is 0 Å². The van der Waals surface area contributed by atoms with Crippen LogP contribution in [0.2, 0.25) is 0 Å². The van der Waals surface area contributed by atoms with Gasteiger partial charge in [-0.05, 0) is 12.1 Å². The number of amides is 2. The number of primary amides is 1. The first-order chi connectivity index (χ1) is 12.0. The Hall–Kier alpha value is -2.94. The van der Waals surface area contributed by atoms with E-state index in [1.54, 1.807) is 18.2 Å². The molecule has 1 fully saturated rings. The lowest BCUT2D eigenvalue weighted by atomic mass is 10.1. The molecule has 7 N–H and O–H groups in total. The van der Waals surface area contributed by atoms with Crippen LogP contribution in [0, 0.1) is 0 Å². The number of rotatable bonds is 8. The van der Waals surface area contributed by atoms with Gasteiger partial charge in [-0.1, -0.05) is 12.2 Å². The van der Waals surface area contributed by atoms with Crippen molar-refractivity contribution in [2.75, 3.05) is 37.4 Å².